The zero-order chi connectivity index (χ0) is 11.5. The average Bonchev–Trinajstić information content (AvgIpc) is 2.63. The van der Waals surface area contributed by atoms with Crippen molar-refractivity contribution in [1.82, 2.24) is 19.5 Å². The van der Waals surface area contributed by atoms with Crippen molar-refractivity contribution in [2.75, 3.05) is 12.3 Å². The number of nitrogen functional groups attached to an aromatic ring is 1. The van der Waals surface area contributed by atoms with Crippen LogP contribution in [0.4, 0.5) is 5.82 Å². The Hall–Kier alpha value is -2.29. The van der Waals surface area contributed by atoms with Crippen LogP contribution in [-0.4, -0.2) is 26.1 Å². The fraction of sp³-hybridized carbons (Fsp3) is 0.300. The molecule has 0 aromatic carbocycles. The number of aromatic nitrogens is 4. The van der Waals surface area contributed by atoms with Gasteiger partial charge in [-0.25, -0.2) is 4.98 Å². The van der Waals surface area contributed by atoms with E-state index in [1.165, 1.54) is 0 Å². The quantitative estimate of drug-likeness (QED) is 0.755. The van der Waals surface area contributed by atoms with Gasteiger partial charge in [0.1, 0.15) is 0 Å². The summed E-state index contributed by atoms with van der Waals surface area (Å²) < 4.78 is 6.92. The highest BCUT2D eigenvalue weighted by Gasteiger charge is 2.10. The van der Waals surface area contributed by atoms with E-state index in [9.17, 15) is 0 Å². The third-order valence-corrected chi connectivity index (χ3v) is 2.01. The Bertz CT molecular complexity index is 554. The van der Waals surface area contributed by atoms with Gasteiger partial charge < -0.3 is 15.0 Å². The maximum atomic E-state index is 5.74. The second-order valence-electron chi connectivity index (χ2n) is 3.07. The van der Waals surface area contributed by atoms with Crippen molar-refractivity contribution in [2.45, 2.75) is 13.5 Å². The summed E-state index contributed by atoms with van der Waals surface area (Å²) in [6.45, 7) is 2.72. The number of anilines is 1. The Morgan fingerprint density at radius 1 is 1.56 bits per heavy atom. The van der Waals surface area contributed by atoms with Crippen molar-refractivity contribution >= 4 is 17.0 Å². The molecule has 6 heteroatoms. The van der Waals surface area contributed by atoms with Crippen molar-refractivity contribution in [2.24, 2.45) is 0 Å². The molecule has 2 aromatic heterocycles. The molecule has 2 rings (SSSR count). The molecule has 16 heavy (non-hydrogen) atoms. The van der Waals surface area contributed by atoms with Crippen LogP contribution in [0.5, 0.6) is 6.01 Å². The lowest BCUT2D eigenvalue weighted by molar-refractivity contribution is 0.314. The SMILES string of the molecule is C#CCn1cnc2c(N)nc(OCC)nc21. The van der Waals surface area contributed by atoms with E-state index in [-0.39, 0.29) is 6.01 Å². The van der Waals surface area contributed by atoms with Gasteiger partial charge in [0.15, 0.2) is 17.0 Å². The number of terminal acetylenes is 1. The van der Waals surface area contributed by atoms with Crippen molar-refractivity contribution in [3.8, 4) is 18.4 Å². The number of rotatable bonds is 3. The van der Waals surface area contributed by atoms with Crippen LogP contribution in [0.3, 0.4) is 0 Å². The van der Waals surface area contributed by atoms with Gasteiger partial charge in [-0.15, -0.1) is 6.42 Å². The molecule has 0 radical (unpaired) electrons. The highest BCUT2D eigenvalue weighted by atomic mass is 16.5. The van der Waals surface area contributed by atoms with Crippen LogP contribution in [0.25, 0.3) is 11.2 Å². The molecule has 0 unspecified atom stereocenters. The summed E-state index contributed by atoms with van der Waals surface area (Å²) in [4.78, 5) is 12.3. The van der Waals surface area contributed by atoms with E-state index in [1.54, 1.807) is 10.9 Å². The molecule has 82 valence electrons. The minimum absolute atomic E-state index is 0.242. The molecule has 2 N–H and O–H groups in total. The van der Waals surface area contributed by atoms with Gasteiger partial charge in [0, 0.05) is 0 Å². The van der Waals surface area contributed by atoms with Crippen LogP contribution in [-0.2, 0) is 6.54 Å². The number of hydrogen-bond donors (Lipinski definition) is 1. The number of hydrogen-bond acceptors (Lipinski definition) is 5. The molecule has 0 bridgehead atoms. The first kappa shape index (κ1) is 10.2. The lowest BCUT2D eigenvalue weighted by Crippen LogP contribution is -2.03. The van der Waals surface area contributed by atoms with Crippen LogP contribution in [0, 0.1) is 12.3 Å². The van der Waals surface area contributed by atoms with Crippen LogP contribution < -0.4 is 10.5 Å². The molecule has 0 atom stereocenters. The van der Waals surface area contributed by atoms with E-state index in [1.807, 2.05) is 6.92 Å². The second-order valence-corrected chi connectivity index (χ2v) is 3.07. The zero-order valence-electron chi connectivity index (χ0n) is 8.84. The molecule has 0 spiro atoms. The van der Waals surface area contributed by atoms with Crippen molar-refractivity contribution in [1.29, 1.82) is 0 Å². The highest BCUT2D eigenvalue weighted by molar-refractivity contribution is 5.81. The zero-order valence-corrected chi connectivity index (χ0v) is 8.84. The van der Waals surface area contributed by atoms with Gasteiger partial charge in [0.2, 0.25) is 0 Å². The van der Waals surface area contributed by atoms with E-state index >= 15 is 0 Å². The smallest absolute Gasteiger partial charge is 0.320 e. The van der Waals surface area contributed by atoms with Gasteiger partial charge in [-0.2, -0.15) is 9.97 Å². The van der Waals surface area contributed by atoms with Gasteiger partial charge in [-0.05, 0) is 6.92 Å². The van der Waals surface area contributed by atoms with Gasteiger partial charge in [0.05, 0.1) is 19.5 Å². The molecule has 2 heterocycles. The van der Waals surface area contributed by atoms with Gasteiger partial charge in [-0.1, -0.05) is 5.92 Å². The van der Waals surface area contributed by atoms with Gasteiger partial charge in [0.25, 0.3) is 0 Å². The fourth-order valence-corrected chi connectivity index (χ4v) is 1.35. The summed E-state index contributed by atoms with van der Waals surface area (Å²) >= 11 is 0. The maximum absolute atomic E-state index is 5.74. The summed E-state index contributed by atoms with van der Waals surface area (Å²) in [7, 11) is 0. The largest absolute Gasteiger partial charge is 0.464 e. The minimum Gasteiger partial charge on any atom is -0.464 e. The molecular weight excluding hydrogens is 206 g/mol. The topological polar surface area (TPSA) is 78.9 Å². The lowest BCUT2D eigenvalue weighted by Gasteiger charge is -2.03. The molecular formula is C10H11N5O. The molecule has 0 saturated heterocycles. The predicted molar refractivity (Wildman–Crippen MR) is 59.7 cm³/mol. The Labute approximate surface area is 92.5 Å². The predicted octanol–water partition coefficient (Wildman–Crippen LogP) is 0.440. The first-order chi connectivity index (χ1) is 7.76. The second kappa shape index (κ2) is 4.06. The van der Waals surface area contributed by atoms with Crippen LogP contribution in [0.2, 0.25) is 0 Å². The lowest BCUT2D eigenvalue weighted by atomic mass is 10.5. The van der Waals surface area contributed by atoms with Crippen molar-refractivity contribution in [3.63, 3.8) is 0 Å². The number of ether oxygens (including phenoxy) is 1. The number of imidazole rings is 1. The molecule has 0 fully saturated rings. The Kier molecular flexibility index (Phi) is 2.60. The molecule has 2 aromatic rings. The van der Waals surface area contributed by atoms with E-state index in [4.69, 9.17) is 16.9 Å². The maximum Gasteiger partial charge on any atom is 0.320 e. The average molecular weight is 217 g/mol. The Morgan fingerprint density at radius 2 is 2.38 bits per heavy atom. The first-order valence-electron chi connectivity index (χ1n) is 4.81. The minimum atomic E-state index is 0.242. The number of nitrogens with zero attached hydrogens (tertiary/aromatic N) is 4. The third-order valence-electron chi connectivity index (χ3n) is 2.01. The first-order valence-corrected chi connectivity index (χ1v) is 4.81. The molecule has 0 aliphatic heterocycles. The third kappa shape index (κ3) is 1.63. The van der Waals surface area contributed by atoms with Gasteiger partial charge >= 0.3 is 6.01 Å². The van der Waals surface area contributed by atoms with Crippen molar-refractivity contribution < 1.29 is 4.74 Å². The highest BCUT2D eigenvalue weighted by Crippen LogP contribution is 2.18. The molecule has 6 nitrogen and oxygen atoms in total. The number of fused-ring (bicyclic) bond motifs is 1. The number of nitrogens with two attached hydrogens (primary N) is 1. The van der Waals surface area contributed by atoms with E-state index in [0.717, 1.165) is 0 Å². The fourth-order valence-electron chi connectivity index (χ4n) is 1.35. The van der Waals surface area contributed by atoms with Crippen LogP contribution in [0.1, 0.15) is 6.92 Å². The molecule has 0 aliphatic rings. The summed E-state index contributed by atoms with van der Waals surface area (Å²) in [6, 6.07) is 0.242. The molecule has 0 saturated carbocycles. The Morgan fingerprint density at radius 3 is 3.06 bits per heavy atom. The summed E-state index contributed by atoms with van der Waals surface area (Å²) in [5.41, 5.74) is 6.87. The monoisotopic (exact) mass is 217 g/mol. The summed E-state index contributed by atoms with van der Waals surface area (Å²) in [5, 5.41) is 0. The van der Waals surface area contributed by atoms with Gasteiger partial charge in [-0.3, -0.25) is 0 Å². The molecule has 0 aliphatic carbocycles. The Balaban J connectivity index is 2.58. The van der Waals surface area contributed by atoms with E-state index < -0.39 is 0 Å². The standard InChI is InChI=1S/C10H11N5O/c1-3-5-15-6-12-7-8(11)13-10(16-4-2)14-9(7)15/h1,6H,4-5H2,2H3,(H2,11,13,14). The van der Waals surface area contributed by atoms with E-state index in [2.05, 4.69) is 20.9 Å². The van der Waals surface area contributed by atoms with Crippen LogP contribution in [0.15, 0.2) is 6.33 Å². The molecule has 0 amide bonds. The van der Waals surface area contributed by atoms with E-state index in [0.29, 0.717) is 30.1 Å². The summed E-state index contributed by atoms with van der Waals surface area (Å²) in [5.74, 6) is 2.81. The normalized spacial score (nSPS) is 10.2. The van der Waals surface area contributed by atoms with Crippen LogP contribution >= 0.6 is 0 Å². The van der Waals surface area contributed by atoms with Crippen molar-refractivity contribution in [3.05, 3.63) is 6.33 Å². The summed E-state index contributed by atoms with van der Waals surface area (Å²) in [6.07, 6.45) is 6.83.